The van der Waals surface area contributed by atoms with Crippen molar-refractivity contribution in [3.05, 3.63) is 66.2 Å². The minimum Gasteiger partial charge on any atom is -0.494 e. The summed E-state index contributed by atoms with van der Waals surface area (Å²) >= 11 is 0. The van der Waals surface area contributed by atoms with E-state index in [0.29, 0.717) is 32.4 Å². The molecule has 2 amide bonds. The van der Waals surface area contributed by atoms with E-state index >= 15 is 0 Å². The van der Waals surface area contributed by atoms with Crippen molar-refractivity contribution in [3.8, 4) is 5.75 Å². The molecule has 0 unspecified atom stereocenters. The summed E-state index contributed by atoms with van der Waals surface area (Å²) in [6.07, 6.45) is 2.53. The lowest BCUT2D eigenvalue weighted by Crippen LogP contribution is -2.50. The van der Waals surface area contributed by atoms with Gasteiger partial charge >= 0.3 is 0 Å². The molecular weight excluding hydrogens is 376 g/mol. The maximum absolute atomic E-state index is 13.0. The molecule has 2 rings (SSSR count). The third-order valence-corrected chi connectivity index (χ3v) is 5.20. The van der Waals surface area contributed by atoms with Crippen LogP contribution in [0.5, 0.6) is 5.75 Å². The zero-order valence-corrected chi connectivity index (χ0v) is 18.3. The first-order valence-electron chi connectivity index (χ1n) is 10.8. The molecule has 0 aliphatic carbocycles. The second-order valence-corrected chi connectivity index (χ2v) is 7.58. The Balaban J connectivity index is 1.94. The van der Waals surface area contributed by atoms with Gasteiger partial charge in [0.1, 0.15) is 11.8 Å². The number of ether oxygens (including phenoxy) is 1. The zero-order valence-electron chi connectivity index (χ0n) is 18.3. The van der Waals surface area contributed by atoms with Gasteiger partial charge in [-0.1, -0.05) is 55.5 Å². The topological polar surface area (TPSA) is 58.6 Å². The Bertz CT molecular complexity index is 764. The van der Waals surface area contributed by atoms with Crippen molar-refractivity contribution in [1.29, 1.82) is 0 Å². The molecule has 162 valence electrons. The summed E-state index contributed by atoms with van der Waals surface area (Å²) in [5, 5.41) is 2.99. The van der Waals surface area contributed by atoms with E-state index in [2.05, 4.69) is 5.32 Å². The van der Waals surface area contributed by atoms with Crippen molar-refractivity contribution in [2.45, 2.75) is 58.5 Å². The van der Waals surface area contributed by atoms with Crippen LogP contribution in [-0.4, -0.2) is 41.9 Å². The standard InChI is InChI=1S/C25H34N2O3/c1-4-20(2)26-25(29)21(3)27(18-17-22-12-7-5-8-13-22)24(28)16-11-19-30-23-14-9-6-10-15-23/h5-10,12-15,20-21H,4,11,16-19H2,1-3H3,(H,26,29)/t20-,21+/m1/s1. The molecule has 0 heterocycles. The normalized spacial score (nSPS) is 12.6. The number of carbonyl (C=O) groups is 2. The van der Waals surface area contributed by atoms with Gasteiger partial charge < -0.3 is 15.0 Å². The van der Waals surface area contributed by atoms with E-state index in [1.807, 2.05) is 74.5 Å². The lowest BCUT2D eigenvalue weighted by atomic mass is 10.1. The largest absolute Gasteiger partial charge is 0.494 e. The SMILES string of the molecule is CC[C@@H](C)NC(=O)[C@H](C)N(CCc1ccccc1)C(=O)CCCOc1ccccc1. The number of carbonyl (C=O) groups excluding carboxylic acids is 2. The quantitative estimate of drug-likeness (QED) is 0.533. The summed E-state index contributed by atoms with van der Waals surface area (Å²) in [4.78, 5) is 27.3. The number of hydrogen-bond donors (Lipinski definition) is 1. The van der Waals surface area contributed by atoms with Gasteiger partial charge in [-0.25, -0.2) is 0 Å². The number of benzene rings is 2. The summed E-state index contributed by atoms with van der Waals surface area (Å²) in [6.45, 7) is 6.79. The van der Waals surface area contributed by atoms with Gasteiger partial charge in [0.25, 0.3) is 0 Å². The maximum Gasteiger partial charge on any atom is 0.242 e. The van der Waals surface area contributed by atoms with Crippen LogP contribution in [0.15, 0.2) is 60.7 Å². The summed E-state index contributed by atoms with van der Waals surface area (Å²) < 4.78 is 5.69. The first-order valence-corrected chi connectivity index (χ1v) is 10.8. The van der Waals surface area contributed by atoms with Crippen LogP contribution in [-0.2, 0) is 16.0 Å². The van der Waals surface area contributed by atoms with Crippen LogP contribution in [0.1, 0.15) is 45.6 Å². The van der Waals surface area contributed by atoms with Crippen LogP contribution >= 0.6 is 0 Å². The van der Waals surface area contributed by atoms with Gasteiger partial charge in [0.05, 0.1) is 6.61 Å². The average molecular weight is 411 g/mol. The van der Waals surface area contributed by atoms with E-state index in [-0.39, 0.29) is 17.9 Å². The van der Waals surface area contributed by atoms with Crippen molar-refractivity contribution >= 4 is 11.8 Å². The molecule has 2 aromatic carbocycles. The Morgan fingerprint density at radius 2 is 1.63 bits per heavy atom. The summed E-state index contributed by atoms with van der Waals surface area (Å²) in [7, 11) is 0. The Morgan fingerprint density at radius 1 is 1.00 bits per heavy atom. The van der Waals surface area contributed by atoms with Crippen molar-refractivity contribution in [2.24, 2.45) is 0 Å². The van der Waals surface area contributed by atoms with E-state index in [4.69, 9.17) is 4.74 Å². The van der Waals surface area contributed by atoms with E-state index in [9.17, 15) is 9.59 Å². The van der Waals surface area contributed by atoms with Crippen molar-refractivity contribution in [3.63, 3.8) is 0 Å². The molecule has 0 aliphatic heterocycles. The molecular formula is C25H34N2O3. The van der Waals surface area contributed by atoms with Gasteiger partial charge in [0, 0.05) is 19.0 Å². The third kappa shape index (κ3) is 7.90. The molecule has 0 spiro atoms. The highest BCUT2D eigenvalue weighted by molar-refractivity contribution is 5.87. The predicted molar refractivity (Wildman–Crippen MR) is 120 cm³/mol. The van der Waals surface area contributed by atoms with Gasteiger partial charge in [0.15, 0.2) is 0 Å². The van der Waals surface area contributed by atoms with E-state index < -0.39 is 6.04 Å². The van der Waals surface area contributed by atoms with Crippen molar-refractivity contribution < 1.29 is 14.3 Å². The number of amides is 2. The second kappa shape index (κ2) is 12.7. The average Bonchev–Trinajstić information content (AvgIpc) is 2.78. The monoisotopic (exact) mass is 410 g/mol. The summed E-state index contributed by atoms with van der Waals surface area (Å²) in [5.74, 6) is 0.674. The van der Waals surface area contributed by atoms with Gasteiger partial charge in [-0.05, 0) is 50.8 Å². The first-order chi connectivity index (χ1) is 14.5. The lowest BCUT2D eigenvalue weighted by Gasteiger charge is -2.29. The number of para-hydroxylation sites is 1. The molecule has 2 atom stereocenters. The van der Waals surface area contributed by atoms with Crippen LogP contribution in [0.3, 0.4) is 0 Å². The predicted octanol–water partition coefficient (Wildman–Crippen LogP) is 4.22. The van der Waals surface area contributed by atoms with E-state index in [0.717, 1.165) is 17.7 Å². The number of hydrogen-bond acceptors (Lipinski definition) is 3. The molecule has 0 fully saturated rings. The van der Waals surface area contributed by atoms with Crippen LogP contribution in [0.2, 0.25) is 0 Å². The smallest absolute Gasteiger partial charge is 0.242 e. The Kier molecular flexibility index (Phi) is 9.92. The molecule has 0 aliphatic rings. The molecule has 0 saturated carbocycles. The fraction of sp³-hybridized carbons (Fsp3) is 0.440. The van der Waals surface area contributed by atoms with Gasteiger partial charge in [-0.15, -0.1) is 0 Å². The Hall–Kier alpha value is -2.82. The highest BCUT2D eigenvalue weighted by atomic mass is 16.5. The molecule has 0 aromatic heterocycles. The molecule has 0 radical (unpaired) electrons. The van der Waals surface area contributed by atoms with E-state index in [1.165, 1.54) is 0 Å². The lowest BCUT2D eigenvalue weighted by molar-refractivity contribution is -0.140. The zero-order chi connectivity index (χ0) is 21.8. The van der Waals surface area contributed by atoms with Gasteiger partial charge in [0.2, 0.25) is 11.8 Å². The van der Waals surface area contributed by atoms with Crippen LogP contribution in [0.25, 0.3) is 0 Å². The molecule has 0 bridgehead atoms. The maximum atomic E-state index is 13.0. The summed E-state index contributed by atoms with van der Waals surface area (Å²) in [5.41, 5.74) is 1.15. The molecule has 2 aromatic rings. The van der Waals surface area contributed by atoms with Gasteiger partial charge in [-0.2, -0.15) is 0 Å². The fourth-order valence-electron chi connectivity index (χ4n) is 3.11. The van der Waals surface area contributed by atoms with Crippen LogP contribution < -0.4 is 10.1 Å². The minimum absolute atomic E-state index is 0.0191. The molecule has 30 heavy (non-hydrogen) atoms. The van der Waals surface area contributed by atoms with Gasteiger partial charge in [-0.3, -0.25) is 9.59 Å². The van der Waals surface area contributed by atoms with Crippen LogP contribution in [0, 0.1) is 0 Å². The highest BCUT2D eigenvalue weighted by Gasteiger charge is 2.26. The third-order valence-electron chi connectivity index (χ3n) is 5.20. The molecule has 1 N–H and O–H groups in total. The Morgan fingerprint density at radius 3 is 2.27 bits per heavy atom. The molecule has 0 saturated heterocycles. The fourth-order valence-corrected chi connectivity index (χ4v) is 3.11. The summed E-state index contributed by atoms with van der Waals surface area (Å²) in [6, 6.07) is 19.2. The Labute approximate surface area is 180 Å². The first kappa shape index (κ1) is 23.5. The van der Waals surface area contributed by atoms with Crippen molar-refractivity contribution in [2.75, 3.05) is 13.2 Å². The van der Waals surface area contributed by atoms with Crippen molar-refractivity contribution in [1.82, 2.24) is 10.2 Å². The number of rotatable bonds is 12. The number of nitrogens with zero attached hydrogens (tertiary/aromatic N) is 1. The second-order valence-electron chi connectivity index (χ2n) is 7.58. The molecule has 5 heteroatoms. The molecule has 5 nitrogen and oxygen atoms in total. The van der Waals surface area contributed by atoms with E-state index in [1.54, 1.807) is 11.8 Å². The number of nitrogens with one attached hydrogen (secondary N) is 1. The highest BCUT2D eigenvalue weighted by Crippen LogP contribution is 2.12. The minimum atomic E-state index is -0.509. The van der Waals surface area contributed by atoms with Crippen LogP contribution in [0.4, 0.5) is 0 Å².